The Morgan fingerprint density at radius 2 is 1.62 bits per heavy atom. The van der Waals surface area contributed by atoms with Crippen LogP contribution in [0.3, 0.4) is 0 Å². The van der Waals surface area contributed by atoms with E-state index >= 15 is 0 Å². The number of hydrogen-bond donors (Lipinski definition) is 1. The smallest absolute Gasteiger partial charge is 0.342 e. The molecule has 0 aliphatic heterocycles. The van der Waals surface area contributed by atoms with Gasteiger partial charge in [-0.05, 0) is 30.3 Å². The Morgan fingerprint density at radius 3 is 2.22 bits per heavy atom. The molecule has 0 radical (unpaired) electrons. The quantitative estimate of drug-likeness (QED) is 0.362. The van der Waals surface area contributed by atoms with Gasteiger partial charge in [0.1, 0.15) is 16.9 Å². The van der Waals surface area contributed by atoms with E-state index in [1.54, 1.807) is 12.1 Å². The number of benzene rings is 3. The summed E-state index contributed by atoms with van der Waals surface area (Å²) in [7, 11) is -2.60. The fourth-order valence-corrected chi connectivity index (χ4v) is 4.85. The maximum Gasteiger partial charge on any atom is 0.342 e. The van der Waals surface area contributed by atoms with Crippen LogP contribution in [0, 0.1) is 0 Å². The van der Waals surface area contributed by atoms with Crippen molar-refractivity contribution >= 4 is 55.0 Å². The normalized spacial score (nSPS) is 12.3. The number of halogens is 1. The topological polar surface area (TPSA) is 85.6 Å². The van der Waals surface area contributed by atoms with Crippen molar-refractivity contribution in [2.45, 2.75) is 31.1 Å². The molecule has 0 atom stereocenters. The van der Waals surface area contributed by atoms with Crippen LogP contribution >= 0.6 is 11.6 Å². The number of methoxy groups -OCH3 is 1. The van der Waals surface area contributed by atoms with Crippen molar-refractivity contribution in [3.05, 3.63) is 70.9 Å². The van der Waals surface area contributed by atoms with Gasteiger partial charge in [-0.2, -0.15) is 0 Å². The van der Waals surface area contributed by atoms with Crippen LogP contribution in [0.15, 0.2) is 63.9 Å². The molecule has 0 bridgehead atoms. The second-order valence-electron chi connectivity index (χ2n) is 8.45. The Kier molecular flexibility index (Phi) is 5.43. The first-order chi connectivity index (χ1) is 15.0. The number of sulfonamides is 1. The van der Waals surface area contributed by atoms with Crippen LogP contribution in [-0.4, -0.2) is 21.5 Å². The van der Waals surface area contributed by atoms with E-state index in [-0.39, 0.29) is 10.5 Å². The number of rotatable bonds is 4. The largest absolute Gasteiger partial charge is 0.465 e. The van der Waals surface area contributed by atoms with Crippen molar-refractivity contribution < 1.29 is 22.4 Å². The highest BCUT2D eigenvalue weighted by Gasteiger charge is 2.31. The summed E-state index contributed by atoms with van der Waals surface area (Å²) in [5.41, 5.74) is 0.634. The molecule has 8 heteroatoms. The van der Waals surface area contributed by atoms with E-state index in [1.165, 1.54) is 31.4 Å². The molecule has 1 N–H and O–H groups in total. The highest BCUT2D eigenvalue weighted by Crippen LogP contribution is 2.41. The molecule has 0 fully saturated rings. The summed E-state index contributed by atoms with van der Waals surface area (Å²) < 4.78 is 40.0. The SMILES string of the molecule is COC(=O)c1c(C(C)(C)C)oc2c1cc(NS(=O)(=O)c1ccc(Cl)cc1)c1ccccc12. The number of hydrogen-bond acceptors (Lipinski definition) is 5. The van der Waals surface area contributed by atoms with Gasteiger partial charge in [-0.25, -0.2) is 13.2 Å². The predicted octanol–water partition coefficient (Wildman–Crippen LogP) is 6.12. The molecule has 0 saturated carbocycles. The third-order valence-electron chi connectivity index (χ3n) is 5.13. The summed E-state index contributed by atoms with van der Waals surface area (Å²) in [5, 5.41) is 2.24. The Balaban J connectivity index is 2.01. The summed E-state index contributed by atoms with van der Waals surface area (Å²) in [6.07, 6.45) is 0. The molecule has 0 spiro atoms. The summed E-state index contributed by atoms with van der Waals surface area (Å²) in [4.78, 5) is 12.8. The molecule has 4 rings (SSSR count). The monoisotopic (exact) mass is 471 g/mol. The van der Waals surface area contributed by atoms with Crippen LogP contribution in [0.2, 0.25) is 5.02 Å². The molecule has 0 amide bonds. The standard InChI is InChI=1S/C24H22ClNO5S/c1-24(2,3)22-20(23(27)30-4)18-13-19(16-7-5-6-8-17(16)21(18)31-22)26-32(28,29)15-11-9-14(25)10-12-15/h5-13,26H,1-4H3. The minimum Gasteiger partial charge on any atom is -0.465 e. The van der Waals surface area contributed by atoms with Gasteiger partial charge in [-0.15, -0.1) is 0 Å². The summed E-state index contributed by atoms with van der Waals surface area (Å²) >= 11 is 5.90. The average Bonchev–Trinajstić information content (AvgIpc) is 3.13. The van der Waals surface area contributed by atoms with E-state index < -0.39 is 21.4 Å². The van der Waals surface area contributed by atoms with E-state index in [2.05, 4.69) is 4.72 Å². The number of ether oxygens (including phenoxy) is 1. The van der Waals surface area contributed by atoms with Gasteiger partial charge in [0, 0.05) is 26.6 Å². The summed E-state index contributed by atoms with van der Waals surface area (Å²) in [6.45, 7) is 5.80. The lowest BCUT2D eigenvalue weighted by Crippen LogP contribution is -2.16. The minimum atomic E-state index is -3.91. The first-order valence-corrected chi connectivity index (χ1v) is 11.7. The van der Waals surface area contributed by atoms with Gasteiger partial charge in [-0.3, -0.25) is 4.72 Å². The van der Waals surface area contributed by atoms with Crippen LogP contribution in [0.4, 0.5) is 5.69 Å². The van der Waals surface area contributed by atoms with Crippen LogP contribution in [0.1, 0.15) is 36.9 Å². The van der Waals surface area contributed by atoms with Crippen molar-refractivity contribution in [1.29, 1.82) is 0 Å². The van der Waals surface area contributed by atoms with E-state index in [1.807, 2.05) is 39.0 Å². The molecular weight excluding hydrogens is 450 g/mol. The van der Waals surface area contributed by atoms with Crippen LogP contribution in [0.5, 0.6) is 0 Å². The fraction of sp³-hybridized carbons (Fsp3) is 0.208. The second kappa shape index (κ2) is 7.83. The van der Waals surface area contributed by atoms with Crippen molar-refractivity contribution in [3.63, 3.8) is 0 Å². The lowest BCUT2D eigenvalue weighted by molar-refractivity contribution is 0.0598. The lowest BCUT2D eigenvalue weighted by atomic mass is 9.89. The number of esters is 1. The number of furan rings is 1. The number of carbonyl (C=O) groups is 1. The van der Waals surface area contributed by atoms with Gasteiger partial charge in [0.15, 0.2) is 0 Å². The Morgan fingerprint density at radius 1 is 1.00 bits per heavy atom. The van der Waals surface area contributed by atoms with Gasteiger partial charge < -0.3 is 9.15 Å². The van der Waals surface area contributed by atoms with Crippen LogP contribution in [-0.2, 0) is 20.2 Å². The lowest BCUT2D eigenvalue weighted by Gasteiger charge is -2.16. The Hall–Kier alpha value is -3.03. The third kappa shape index (κ3) is 3.82. The molecule has 4 aromatic rings. The van der Waals surface area contributed by atoms with Crippen molar-refractivity contribution in [1.82, 2.24) is 0 Å². The first kappa shape index (κ1) is 22.2. The highest BCUT2D eigenvalue weighted by atomic mass is 35.5. The minimum absolute atomic E-state index is 0.0712. The summed E-state index contributed by atoms with van der Waals surface area (Å²) in [6, 6.07) is 14.8. The van der Waals surface area contributed by atoms with Gasteiger partial charge in [0.25, 0.3) is 10.0 Å². The number of fused-ring (bicyclic) bond motifs is 3. The van der Waals surface area contributed by atoms with Crippen LogP contribution in [0.25, 0.3) is 21.7 Å². The zero-order valence-corrected chi connectivity index (χ0v) is 19.6. The maximum absolute atomic E-state index is 13.1. The molecule has 3 aromatic carbocycles. The maximum atomic E-state index is 13.1. The molecule has 166 valence electrons. The van der Waals surface area contributed by atoms with Gasteiger partial charge in [0.2, 0.25) is 0 Å². The molecule has 0 aliphatic carbocycles. The first-order valence-electron chi connectivity index (χ1n) is 9.88. The highest BCUT2D eigenvalue weighted by molar-refractivity contribution is 7.92. The van der Waals surface area contributed by atoms with E-state index in [0.717, 1.165) is 0 Å². The average molecular weight is 472 g/mol. The zero-order valence-electron chi connectivity index (χ0n) is 18.0. The molecule has 0 saturated heterocycles. The Labute approximate surface area is 191 Å². The van der Waals surface area contributed by atoms with E-state index in [4.69, 9.17) is 20.8 Å². The van der Waals surface area contributed by atoms with E-state index in [0.29, 0.717) is 38.2 Å². The van der Waals surface area contributed by atoms with Crippen molar-refractivity contribution in [2.75, 3.05) is 11.8 Å². The molecular formula is C24H22ClNO5S. The van der Waals surface area contributed by atoms with Gasteiger partial charge in [0.05, 0.1) is 17.7 Å². The van der Waals surface area contributed by atoms with Gasteiger partial charge >= 0.3 is 5.97 Å². The summed E-state index contributed by atoms with van der Waals surface area (Å²) in [5.74, 6) is -0.0716. The Bertz CT molecular complexity index is 1450. The zero-order chi connectivity index (χ0) is 23.3. The molecule has 0 unspecified atom stereocenters. The molecule has 32 heavy (non-hydrogen) atoms. The number of anilines is 1. The fourth-order valence-electron chi connectivity index (χ4n) is 3.65. The van der Waals surface area contributed by atoms with Crippen molar-refractivity contribution in [3.8, 4) is 0 Å². The van der Waals surface area contributed by atoms with E-state index in [9.17, 15) is 13.2 Å². The second-order valence-corrected chi connectivity index (χ2v) is 10.6. The third-order valence-corrected chi connectivity index (χ3v) is 6.77. The molecule has 1 aromatic heterocycles. The van der Waals surface area contributed by atoms with Crippen LogP contribution < -0.4 is 4.72 Å². The molecule has 6 nitrogen and oxygen atoms in total. The van der Waals surface area contributed by atoms with Gasteiger partial charge in [-0.1, -0.05) is 56.6 Å². The number of nitrogens with one attached hydrogen (secondary N) is 1. The molecule has 0 aliphatic rings. The molecule has 1 heterocycles. The predicted molar refractivity (Wildman–Crippen MR) is 126 cm³/mol. The van der Waals surface area contributed by atoms with Crippen molar-refractivity contribution in [2.24, 2.45) is 0 Å². The number of carbonyl (C=O) groups excluding carboxylic acids is 1.